The minimum Gasteiger partial charge on any atom is -1.00 e. The van der Waals surface area contributed by atoms with Gasteiger partial charge < -0.3 is 28.8 Å². The van der Waals surface area contributed by atoms with Gasteiger partial charge in [0.25, 0.3) is 11.8 Å². The number of pyridine rings is 1. The number of aromatic nitrogens is 1. The molecule has 1 aromatic heterocycles. The largest absolute Gasteiger partial charge is 1.00 e. The molecule has 0 saturated carbocycles. The molecule has 2 rings (SSSR count). The predicted molar refractivity (Wildman–Crippen MR) is 84.5 cm³/mol. The minimum absolute atomic E-state index is 0. The molecule has 0 saturated heterocycles. The summed E-state index contributed by atoms with van der Waals surface area (Å²) in [5.74, 6) is -1.01. The van der Waals surface area contributed by atoms with Gasteiger partial charge in [0.1, 0.15) is 5.56 Å². The average molecular weight is 349 g/mol. The number of amides is 3. The Balaban J connectivity index is 0.00000288. The molecule has 8 heteroatoms. The third-order valence-electron chi connectivity index (χ3n) is 2.94. The van der Waals surface area contributed by atoms with E-state index in [-0.39, 0.29) is 30.8 Å². The SMILES string of the molecule is CC(=O)Nc1cccc(NC(=O)C[n+]2cccc(C(N)=O)c2)c1.[Cl-]. The Morgan fingerprint density at radius 2 is 1.75 bits per heavy atom. The van der Waals surface area contributed by atoms with Gasteiger partial charge in [-0.2, -0.15) is 4.57 Å². The number of benzene rings is 1. The molecule has 1 heterocycles. The summed E-state index contributed by atoms with van der Waals surface area (Å²) in [6, 6.07) is 10.0. The second-order valence-corrected chi connectivity index (χ2v) is 4.94. The van der Waals surface area contributed by atoms with Gasteiger partial charge in [-0.25, -0.2) is 0 Å². The van der Waals surface area contributed by atoms with Crippen LogP contribution in [0.5, 0.6) is 0 Å². The lowest BCUT2D eigenvalue weighted by atomic mass is 10.2. The Hall–Kier alpha value is -2.93. The van der Waals surface area contributed by atoms with E-state index in [0.717, 1.165) is 0 Å². The van der Waals surface area contributed by atoms with Gasteiger partial charge in [0.05, 0.1) is 0 Å². The Labute approximate surface area is 145 Å². The van der Waals surface area contributed by atoms with E-state index in [1.807, 2.05) is 0 Å². The standard InChI is InChI=1S/C16H16N4O3.ClH/c1-11(21)18-13-5-2-6-14(8-13)19-15(22)10-20-7-3-4-12(9-20)16(17)23;/h2-9H,10H2,1H3,(H3-,17,18,19,21,22,23);1H. The normalized spacial score (nSPS) is 9.54. The second kappa shape index (κ2) is 8.64. The monoisotopic (exact) mass is 348 g/mol. The zero-order chi connectivity index (χ0) is 16.8. The fourth-order valence-corrected chi connectivity index (χ4v) is 2.01. The van der Waals surface area contributed by atoms with Crippen LogP contribution in [-0.2, 0) is 16.1 Å². The van der Waals surface area contributed by atoms with Gasteiger partial charge >= 0.3 is 0 Å². The highest BCUT2D eigenvalue weighted by Crippen LogP contribution is 2.14. The average Bonchev–Trinajstić information content (AvgIpc) is 2.47. The van der Waals surface area contributed by atoms with Crippen molar-refractivity contribution in [3.05, 3.63) is 54.4 Å². The summed E-state index contributed by atoms with van der Waals surface area (Å²) < 4.78 is 1.56. The van der Waals surface area contributed by atoms with E-state index in [2.05, 4.69) is 10.6 Å². The van der Waals surface area contributed by atoms with Crippen LogP contribution in [0.4, 0.5) is 11.4 Å². The molecule has 0 aliphatic rings. The molecule has 0 unspecified atom stereocenters. The Morgan fingerprint density at radius 1 is 1.08 bits per heavy atom. The molecule has 0 fully saturated rings. The lowest BCUT2D eigenvalue weighted by Crippen LogP contribution is -3.00. The van der Waals surface area contributed by atoms with Crippen molar-refractivity contribution in [2.45, 2.75) is 13.5 Å². The molecule has 0 atom stereocenters. The third kappa shape index (κ3) is 5.69. The van der Waals surface area contributed by atoms with Crippen LogP contribution >= 0.6 is 0 Å². The molecule has 3 amide bonds. The van der Waals surface area contributed by atoms with Gasteiger partial charge in [-0.3, -0.25) is 14.4 Å². The number of hydrogen-bond acceptors (Lipinski definition) is 3. The fourth-order valence-electron chi connectivity index (χ4n) is 2.01. The number of anilines is 2. The number of carbonyl (C=O) groups excluding carboxylic acids is 3. The van der Waals surface area contributed by atoms with Gasteiger partial charge in [0.15, 0.2) is 12.4 Å². The number of nitrogens with zero attached hydrogens (tertiary/aromatic N) is 1. The van der Waals surface area contributed by atoms with E-state index in [9.17, 15) is 14.4 Å². The molecular weight excluding hydrogens is 332 g/mol. The first-order valence-electron chi connectivity index (χ1n) is 6.90. The molecule has 0 spiro atoms. The Kier molecular flexibility index (Phi) is 6.88. The van der Waals surface area contributed by atoms with Crippen molar-refractivity contribution < 1.29 is 31.4 Å². The van der Waals surface area contributed by atoms with Gasteiger partial charge in [0.2, 0.25) is 12.5 Å². The molecule has 126 valence electrons. The zero-order valence-corrected chi connectivity index (χ0v) is 13.7. The van der Waals surface area contributed by atoms with Crippen LogP contribution in [0, 0.1) is 0 Å². The van der Waals surface area contributed by atoms with Crippen molar-refractivity contribution in [2.24, 2.45) is 5.73 Å². The highest BCUT2D eigenvalue weighted by molar-refractivity contribution is 5.93. The van der Waals surface area contributed by atoms with Crippen molar-refractivity contribution in [1.82, 2.24) is 0 Å². The van der Waals surface area contributed by atoms with Crippen LogP contribution in [0.3, 0.4) is 0 Å². The molecule has 2 aromatic rings. The van der Waals surface area contributed by atoms with Gasteiger partial charge in [0, 0.05) is 24.4 Å². The summed E-state index contributed by atoms with van der Waals surface area (Å²) in [5, 5.41) is 5.37. The second-order valence-electron chi connectivity index (χ2n) is 4.94. The first kappa shape index (κ1) is 19.1. The van der Waals surface area contributed by atoms with Gasteiger partial charge in [-0.15, -0.1) is 0 Å². The maximum absolute atomic E-state index is 12.1. The van der Waals surface area contributed by atoms with Crippen LogP contribution in [0.15, 0.2) is 48.8 Å². The summed E-state index contributed by atoms with van der Waals surface area (Å²) in [4.78, 5) is 34.2. The van der Waals surface area contributed by atoms with E-state index < -0.39 is 5.91 Å². The molecule has 0 radical (unpaired) electrons. The van der Waals surface area contributed by atoms with Crippen molar-refractivity contribution >= 4 is 29.1 Å². The topological polar surface area (TPSA) is 105 Å². The predicted octanol–water partition coefficient (Wildman–Crippen LogP) is -2.33. The van der Waals surface area contributed by atoms with E-state index in [1.165, 1.54) is 13.1 Å². The molecular formula is C16H17ClN4O3. The van der Waals surface area contributed by atoms with E-state index in [1.54, 1.807) is 47.2 Å². The first-order valence-corrected chi connectivity index (χ1v) is 6.90. The van der Waals surface area contributed by atoms with E-state index in [0.29, 0.717) is 16.9 Å². The molecule has 0 aliphatic carbocycles. The van der Waals surface area contributed by atoms with Crippen LogP contribution < -0.4 is 33.3 Å². The molecule has 24 heavy (non-hydrogen) atoms. The van der Waals surface area contributed by atoms with Gasteiger partial charge in [-0.1, -0.05) is 6.07 Å². The van der Waals surface area contributed by atoms with Crippen molar-refractivity contribution in [1.29, 1.82) is 0 Å². The van der Waals surface area contributed by atoms with Crippen LogP contribution in [0.25, 0.3) is 0 Å². The summed E-state index contributed by atoms with van der Waals surface area (Å²) >= 11 is 0. The lowest BCUT2D eigenvalue weighted by Gasteiger charge is -2.06. The Bertz CT molecular complexity index is 764. The fraction of sp³-hybridized carbons (Fsp3) is 0.125. The van der Waals surface area contributed by atoms with Crippen molar-refractivity contribution in [3.8, 4) is 0 Å². The highest BCUT2D eigenvalue weighted by Gasteiger charge is 2.12. The molecule has 7 nitrogen and oxygen atoms in total. The smallest absolute Gasteiger partial charge is 0.290 e. The minimum atomic E-state index is -0.553. The maximum Gasteiger partial charge on any atom is 0.290 e. The number of rotatable bonds is 5. The summed E-state index contributed by atoms with van der Waals surface area (Å²) in [6.45, 7) is 1.44. The number of primary amides is 1. The van der Waals surface area contributed by atoms with Crippen LogP contribution in [-0.4, -0.2) is 17.7 Å². The molecule has 0 aliphatic heterocycles. The van der Waals surface area contributed by atoms with E-state index >= 15 is 0 Å². The molecule has 1 aromatic carbocycles. The van der Waals surface area contributed by atoms with Gasteiger partial charge in [-0.05, 0) is 24.3 Å². The van der Waals surface area contributed by atoms with E-state index in [4.69, 9.17) is 5.73 Å². The first-order chi connectivity index (χ1) is 10.9. The van der Waals surface area contributed by atoms with Crippen LogP contribution in [0.2, 0.25) is 0 Å². The third-order valence-corrected chi connectivity index (χ3v) is 2.94. The summed E-state index contributed by atoms with van der Waals surface area (Å²) in [5.41, 5.74) is 6.69. The Morgan fingerprint density at radius 3 is 2.38 bits per heavy atom. The molecule has 0 bridgehead atoms. The number of nitrogens with two attached hydrogens (primary N) is 1. The molecule has 4 N–H and O–H groups in total. The number of nitrogens with one attached hydrogen (secondary N) is 2. The van der Waals surface area contributed by atoms with Crippen molar-refractivity contribution in [3.63, 3.8) is 0 Å². The maximum atomic E-state index is 12.1. The quantitative estimate of drug-likeness (QED) is 0.528. The lowest BCUT2D eigenvalue weighted by molar-refractivity contribution is -0.684. The summed E-state index contributed by atoms with van der Waals surface area (Å²) in [6.07, 6.45) is 3.18. The van der Waals surface area contributed by atoms with Crippen molar-refractivity contribution in [2.75, 3.05) is 10.6 Å². The highest BCUT2D eigenvalue weighted by atomic mass is 35.5. The number of carbonyl (C=O) groups is 3. The van der Waals surface area contributed by atoms with Crippen LogP contribution in [0.1, 0.15) is 17.3 Å². The number of halogens is 1. The zero-order valence-electron chi connectivity index (χ0n) is 13.0. The number of hydrogen-bond donors (Lipinski definition) is 3. The summed E-state index contributed by atoms with van der Waals surface area (Å²) in [7, 11) is 0.